The smallest absolute Gasteiger partial charge is 0.310 e. The average Bonchev–Trinajstić information content (AvgIpc) is 2.92. The summed E-state index contributed by atoms with van der Waals surface area (Å²) in [6.45, 7) is 4.89. The highest BCUT2D eigenvalue weighted by atomic mass is 16.6. The second-order valence-corrected chi connectivity index (χ2v) is 8.53. The minimum absolute atomic E-state index is 0.0192. The molecule has 2 heteroatoms. The molecule has 1 spiro atoms. The van der Waals surface area contributed by atoms with Crippen LogP contribution in [0.5, 0.6) is 0 Å². The molecule has 1 heterocycles. The molecule has 1 saturated heterocycles. The number of hydrogen-bond acceptors (Lipinski definition) is 2. The number of ether oxygens (including phenoxy) is 1. The normalized spacial score (nSPS) is 58.2. The molecule has 8 unspecified atom stereocenters. The van der Waals surface area contributed by atoms with Crippen molar-refractivity contribution in [3.63, 3.8) is 0 Å². The Balaban J connectivity index is 1.52. The van der Waals surface area contributed by atoms with Crippen LogP contribution in [0.1, 0.15) is 52.4 Å². The van der Waals surface area contributed by atoms with Crippen LogP contribution in [0.15, 0.2) is 0 Å². The van der Waals surface area contributed by atoms with Crippen molar-refractivity contribution in [1.82, 2.24) is 0 Å². The van der Waals surface area contributed by atoms with Gasteiger partial charge in [0.15, 0.2) is 0 Å². The molecule has 0 amide bonds. The van der Waals surface area contributed by atoms with E-state index in [-0.39, 0.29) is 11.6 Å². The molecule has 110 valence electrons. The van der Waals surface area contributed by atoms with E-state index < -0.39 is 0 Å². The van der Waals surface area contributed by atoms with Gasteiger partial charge in [-0.05, 0) is 67.6 Å². The van der Waals surface area contributed by atoms with E-state index >= 15 is 0 Å². The summed E-state index contributed by atoms with van der Waals surface area (Å²) in [5.74, 6) is 6.04. The third-order valence-corrected chi connectivity index (χ3v) is 8.26. The van der Waals surface area contributed by atoms with Crippen LogP contribution in [0.3, 0.4) is 0 Å². The Morgan fingerprint density at radius 2 is 1.65 bits per heavy atom. The quantitative estimate of drug-likeness (QED) is 0.630. The van der Waals surface area contributed by atoms with E-state index in [0.29, 0.717) is 17.8 Å². The summed E-state index contributed by atoms with van der Waals surface area (Å²) < 4.78 is 6.07. The maximum atomic E-state index is 12.5. The second kappa shape index (κ2) is 3.62. The van der Waals surface area contributed by atoms with Crippen LogP contribution in [-0.2, 0) is 9.53 Å². The number of esters is 1. The predicted octanol–water partition coefficient (Wildman–Crippen LogP) is 3.65. The predicted molar refractivity (Wildman–Crippen MR) is 75.8 cm³/mol. The second-order valence-electron chi connectivity index (χ2n) is 8.53. The monoisotopic (exact) mass is 274 g/mol. The Morgan fingerprint density at radius 3 is 2.35 bits per heavy atom. The van der Waals surface area contributed by atoms with Crippen molar-refractivity contribution in [2.45, 2.75) is 58.0 Å². The van der Waals surface area contributed by atoms with Crippen LogP contribution >= 0.6 is 0 Å². The lowest BCUT2D eigenvalue weighted by molar-refractivity contribution is -0.153. The summed E-state index contributed by atoms with van der Waals surface area (Å²) in [6, 6.07) is 0. The minimum atomic E-state index is -0.0192. The Labute approximate surface area is 121 Å². The van der Waals surface area contributed by atoms with Crippen LogP contribution in [0.2, 0.25) is 0 Å². The van der Waals surface area contributed by atoms with Gasteiger partial charge in [-0.1, -0.05) is 20.3 Å². The highest BCUT2D eigenvalue weighted by Crippen LogP contribution is 2.74. The van der Waals surface area contributed by atoms with E-state index in [0.717, 1.165) is 42.4 Å². The number of fused-ring (bicyclic) bond motifs is 9. The molecule has 0 aromatic rings. The van der Waals surface area contributed by atoms with Gasteiger partial charge in [0.2, 0.25) is 0 Å². The molecular formula is C18H26O2. The Morgan fingerprint density at radius 1 is 1.00 bits per heavy atom. The fraction of sp³-hybridized carbons (Fsp3) is 0.944. The lowest BCUT2D eigenvalue weighted by Gasteiger charge is -2.56. The molecule has 2 nitrogen and oxygen atoms in total. The van der Waals surface area contributed by atoms with Gasteiger partial charge < -0.3 is 4.74 Å². The van der Waals surface area contributed by atoms with Gasteiger partial charge in [-0.25, -0.2) is 0 Å². The van der Waals surface area contributed by atoms with Gasteiger partial charge in [-0.3, -0.25) is 4.79 Å². The summed E-state index contributed by atoms with van der Waals surface area (Å²) >= 11 is 0. The first kappa shape index (κ1) is 12.1. The van der Waals surface area contributed by atoms with Gasteiger partial charge in [0.05, 0.1) is 5.92 Å². The van der Waals surface area contributed by atoms with E-state index in [9.17, 15) is 4.79 Å². The molecule has 5 fully saturated rings. The number of hydrogen-bond donors (Lipinski definition) is 0. The summed E-state index contributed by atoms with van der Waals surface area (Å²) in [4.78, 5) is 12.5. The fourth-order valence-electron chi connectivity index (χ4n) is 7.36. The third-order valence-electron chi connectivity index (χ3n) is 8.26. The molecule has 0 radical (unpaired) electrons. The summed E-state index contributed by atoms with van der Waals surface area (Å²) in [6.07, 6.45) is 7.61. The Bertz CT molecular complexity index is 464. The fourth-order valence-corrected chi connectivity index (χ4v) is 7.36. The van der Waals surface area contributed by atoms with E-state index in [2.05, 4.69) is 13.8 Å². The van der Waals surface area contributed by atoms with Gasteiger partial charge in [0.25, 0.3) is 0 Å². The maximum absolute atomic E-state index is 12.5. The maximum Gasteiger partial charge on any atom is 0.310 e. The van der Waals surface area contributed by atoms with E-state index in [1.165, 1.54) is 25.7 Å². The standard InChI is InChI=1S/C18H26O2/c1-9-10(2)12-8-11(9)13-14(12)16-15(13)17(19)20-18(16)6-4-3-5-7-18/h9-16H,3-8H2,1-2H3. The average molecular weight is 274 g/mol. The zero-order chi connectivity index (χ0) is 13.6. The SMILES string of the molecule is CC1C(C)C2CC1C1C3C(=O)OC4(CCCCC4)C3C21. The largest absolute Gasteiger partial charge is 0.459 e. The van der Waals surface area contributed by atoms with E-state index in [4.69, 9.17) is 4.74 Å². The van der Waals surface area contributed by atoms with Gasteiger partial charge in [0, 0.05) is 5.92 Å². The van der Waals surface area contributed by atoms with Crippen LogP contribution in [0, 0.1) is 47.3 Å². The number of carbonyl (C=O) groups excluding carboxylic acids is 1. The Hall–Kier alpha value is -0.530. The van der Waals surface area contributed by atoms with Crippen molar-refractivity contribution in [2.24, 2.45) is 47.3 Å². The molecule has 1 aliphatic heterocycles. The number of rotatable bonds is 0. The van der Waals surface area contributed by atoms with Crippen LogP contribution < -0.4 is 0 Å². The van der Waals surface area contributed by atoms with Crippen molar-refractivity contribution in [3.8, 4) is 0 Å². The van der Waals surface area contributed by atoms with E-state index in [1.807, 2.05) is 0 Å². The molecule has 4 aliphatic carbocycles. The first-order chi connectivity index (χ1) is 9.64. The molecule has 0 N–H and O–H groups in total. The van der Waals surface area contributed by atoms with Crippen molar-refractivity contribution < 1.29 is 9.53 Å². The molecule has 20 heavy (non-hydrogen) atoms. The molecule has 2 bridgehead atoms. The topological polar surface area (TPSA) is 26.3 Å². The zero-order valence-electron chi connectivity index (χ0n) is 12.7. The van der Waals surface area contributed by atoms with Crippen molar-refractivity contribution in [2.75, 3.05) is 0 Å². The molecule has 5 rings (SSSR count). The minimum Gasteiger partial charge on any atom is -0.459 e. The molecule has 5 aliphatic rings. The highest BCUT2D eigenvalue weighted by Gasteiger charge is 2.76. The van der Waals surface area contributed by atoms with Crippen molar-refractivity contribution >= 4 is 5.97 Å². The van der Waals surface area contributed by atoms with Gasteiger partial charge in [-0.15, -0.1) is 0 Å². The number of carbonyl (C=O) groups is 1. The van der Waals surface area contributed by atoms with Gasteiger partial charge >= 0.3 is 5.97 Å². The summed E-state index contributed by atoms with van der Waals surface area (Å²) in [7, 11) is 0. The Kier molecular flexibility index (Phi) is 2.18. The summed E-state index contributed by atoms with van der Waals surface area (Å²) in [5, 5.41) is 0. The van der Waals surface area contributed by atoms with Crippen molar-refractivity contribution in [3.05, 3.63) is 0 Å². The lowest BCUT2D eigenvalue weighted by atomic mass is 9.45. The van der Waals surface area contributed by atoms with E-state index in [1.54, 1.807) is 0 Å². The van der Waals surface area contributed by atoms with Crippen LogP contribution in [0.25, 0.3) is 0 Å². The van der Waals surface area contributed by atoms with Crippen LogP contribution in [-0.4, -0.2) is 11.6 Å². The molecule has 4 saturated carbocycles. The molecule has 0 aromatic heterocycles. The lowest BCUT2D eigenvalue weighted by Crippen LogP contribution is -2.58. The van der Waals surface area contributed by atoms with Gasteiger partial charge in [0.1, 0.15) is 5.60 Å². The van der Waals surface area contributed by atoms with Crippen molar-refractivity contribution in [1.29, 1.82) is 0 Å². The molecule has 0 aromatic carbocycles. The third kappa shape index (κ3) is 1.14. The first-order valence-corrected chi connectivity index (χ1v) is 8.87. The zero-order valence-corrected chi connectivity index (χ0v) is 12.7. The van der Waals surface area contributed by atoms with Gasteiger partial charge in [-0.2, -0.15) is 0 Å². The van der Waals surface area contributed by atoms with Crippen LogP contribution in [0.4, 0.5) is 0 Å². The molecular weight excluding hydrogens is 248 g/mol. The molecule has 8 atom stereocenters. The summed E-state index contributed by atoms with van der Waals surface area (Å²) in [5.41, 5.74) is -0.0192. The highest BCUT2D eigenvalue weighted by molar-refractivity contribution is 5.78. The first-order valence-electron chi connectivity index (χ1n) is 8.87.